The molecule has 6 nitrogen and oxygen atoms in total. The normalized spacial score (nSPS) is 23.1. The summed E-state index contributed by atoms with van der Waals surface area (Å²) in [7, 11) is 0. The van der Waals surface area contributed by atoms with Gasteiger partial charge in [0, 0.05) is 5.56 Å². The molecule has 3 aromatic carbocycles. The number of imide groups is 1. The maximum absolute atomic E-state index is 13.4. The first-order chi connectivity index (χ1) is 14.6. The zero-order valence-electron chi connectivity index (χ0n) is 16.1. The second kappa shape index (κ2) is 7.31. The Balaban J connectivity index is 1.54. The minimum Gasteiger partial charge on any atom is -0.508 e. The van der Waals surface area contributed by atoms with Crippen molar-refractivity contribution in [2.45, 2.75) is 18.7 Å². The van der Waals surface area contributed by atoms with Gasteiger partial charge >= 0.3 is 0 Å². The van der Waals surface area contributed by atoms with Gasteiger partial charge in [-0.1, -0.05) is 66.7 Å². The summed E-state index contributed by atoms with van der Waals surface area (Å²) in [6, 6.07) is 25.0. The molecular weight excluding hydrogens is 380 g/mol. The molecule has 3 aromatic rings. The van der Waals surface area contributed by atoms with Crippen LogP contribution in [0.4, 0.5) is 5.69 Å². The SMILES string of the molecule is O=C1[C@H]2[C@H](ON(c3ccccc3)[C@H]2c2ccccc2O)C(=O)N1Cc1ccccc1. The molecule has 0 saturated carbocycles. The molecule has 3 atom stereocenters. The van der Waals surface area contributed by atoms with Gasteiger partial charge in [-0.25, -0.2) is 5.06 Å². The van der Waals surface area contributed by atoms with E-state index in [1.54, 1.807) is 29.3 Å². The summed E-state index contributed by atoms with van der Waals surface area (Å²) >= 11 is 0. The fourth-order valence-corrected chi connectivity index (χ4v) is 4.25. The molecule has 30 heavy (non-hydrogen) atoms. The Bertz CT molecular complexity index is 1090. The molecule has 2 fully saturated rings. The number of amides is 2. The molecule has 6 heteroatoms. The number of hydrogen-bond donors (Lipinski definition) is 1. The number of benzene rings is 3. The van der Waals surface area contributed by atoms with Crippen molar-refractivity contribution in [3.05, 3.63) is 96.1 Å². The van der Waals surface area contributed by atoms with Crippen LogP contribution in [0.15, 0.2) is 84.9 Å². The minimum absolute atomic E-state index is 0.0643. The van der Waals surface area contributed by atoms with Crippen LogP contribution < -0.4 is 5.06 Å². The second-order valence-electron chi connectivity index (χ2n) is 7.47. The number of anilines is 1. The van der Waals surface area contributed by atoms with E-state index in [9.17, 15) is 14.7 Å². The zero-order chi connectivity index (χ0) is 20.7. The van der Waals surface area contributed by atoms with Gasteiger partial charge in [-0.2, -0.15) is 0 Å². The van der Waals surface area contributed by atoms with Gasteiger partial charge in [-0.15, -0.1) is 0 Å². The quantitative estimate of drug-likeness (QED) is 0.680. The fourth-order valence-electron chi connectivity index (χ4n) is 4.25. The number of likely N-dealkylation sites (tertiary alicyclic amines) is 1. The van der Waals surface area contributed by atoms with Gasteiger partial charge in [0.1, 0.15) is 11.7 Å². The van der Waals surface area contributed by atoms with E-state index in [2.05, 4.69) is 0 Å². The van der Waals surface area contributed by atoms with Crippen molar-refractivity contribution in [2.75, 3.05) is 5.06 Å². The third-order valence-electron chi connectivity index (χ3n) is 5.66. The van der Waals surface area contributed by atoms with Gasteiger partial charge in [0.2, 0.25) is 5.91 Å². The maximum Gasteiger partial charge on any atom is 0.262 e. The summed E-state index contributed by atoms with van der Waals surface area (Å²) in [4.78, 5) is 33.8. The largest absolute Gasteiger partial charge is 0.508 e. The van der Waals surface area contributed by atoms with E-state index in [0.717, 1.165) is 11.3 Å². The smallest absolute Gasteiger partial charge is 0.262 e. The predicted octanol–water partition coefficient (Wildman–Crippen LogP) is 3.44. The van der Waals surface area contributed by atoms with Crippen molar-refractivity contribution in [1.82, 2.24) is 4.90 Å². The maximum atomic E-state index is 13.4. The first kappa shape index (κ1) is 18.4. The highest BCUT2D eigenvalue weighted by atomic mass is 16.7. The van der Waals surface area contributed by atoms with Crippen molar-refractivity contribution in [1.29, 1.82) is 0 Å². The molecule has 0 aliphatic carbocycles. The summed E-state index contributed by atoms with van der Waals surface area (Å²) < 4.78 is 0. The lowest BCUT2D eigenvalue weighted by atomic mass is 9.90. The summed E-state index contributed by atoms with van der Waals surface area (Å²) in [5.74, 6) is -1.32. The molecule has 5 rings (SSSR count). The number of para-hydroxylation sites is 2. The van der Waals surface area contributed by atoms with E-state index in [1.807, 2.05) is 60.7 Å². The summed E-state index contributed by atoms with van der Waals surface area (Å²) in [6.45, 7) is 0.202. The van der Waals surface area contributed by atoms with Crippen molar-refractivity contribution < 1.29 is 19.5 Å². The molecule has 150 valence electrons. The van der Waals surface area contributed by atoms with Crippen LogP contribution in [0.1, 0.15) is 17.2 Å². The number of phenols is 1. The van der Waals surface area contributed by atoms with E-state index in [0.29, 0.717) is 5.56 Å². The van der Waals surface area contributed by atoms with Crippen molar-refractivity contribution >= 4 is 17.5 Å². The number of fused-ring (bicyclic) bond motifs is 1. The molecule has 0 unspecified atom stereocenters. The highest BCUT2D eigenvalue weighted by Gasteiger charge is 2.60. The number of hydroxylamine groups is 1. The average Bonchev–Trinajstić information content (AvgIpc) is 3.27. The molecule has 2 heterocycles. The monoisotopic (exact) mass is 400 g/mol. The molecule has 0 bridgehead atoms. The second-order valence-corrected chi connectivity index (χ2v) is 7.47. The first-order valence-corrected chi connectivity index (χ1v) is 9.83. The summed E-state index contributed by atoms with van der Waals surface area (Å²) in [6.07, 6.45) is -0.925. The number of carbonyl (C=O) groups excluding carboxylic acids is 2. The minimum atomic E-state index is -0.925. The molecule has 0 aromatic heterocycles. The van der Waals surface area contributed by atoms with E-state index in [1.165, 1.54) is 4.90 Å². The lowest BCUT2D eigenvalue weighted by molar-refractivity contribution is -0.143. The van der Waals surface area contributed by atoms with Crippen LogP contribution in [0.25, 0.3) is 0 Å². The third-order valence-corrected chi connectivity index (χ3v) is 5.66. The Hall–Kier alpha value is -3.64. The Morgan fingerprint density at radius 2 is 1.43 bits per heavy atom. The molecule has 1 N–H and O–H groups in total. The van der Waals surface area contributed by atoms with Crippen molar-refractivity contribution in [3.8, 4) is 5.75 Å². The number of nitrogens with zero attached hydrogens (tertiary/aromatic N) is 2. The molecule has 2 saturated heterocycles. The lowest BCUT2D eigenvalue weighted by Crippen LogP contribution is -2.36. The van der Waals surface area contributed by atoms with Crippen LogP contribution >= 0.6 is 0 Å². The number of aromatic hydroxyl groups is 1. The van der Waals surface area contributed by atoms with Crippen LogP contribution in [0.2, 0.25) is 0 Å². The van der Waals surface area contributed by atoms with Crippen molar-refractivity contribution in [3.63, 3.8) is 0 Å². The topological polar surface area (TPSA) is 70.1 Å². The van der Waals surface area contributed by atoms with E-state index in [4.69, 9.17) is 4.84 Å². The molecule has 2 amide bonds. The fraction of sp³-hybridized carbons (Fsp3) is 0.167. The van der Waals surface area contributed by atoms with Crippen LogP contribution in [-0.2, 0) is 21.0 Å². The van der Waals surface area contributed by atoms with Crippen LogP contribution in [0.5, 0.6) is 5.75 Å². The molecular formula is C24H20N2O4. The zero-order valence-corrected chi connectivity index (χ0v) is 16.1. The van der Waals surface area contributed by atoms with Gasteiger partial charge in [-0.05, 0) is 23.8 Å². The number of rotatable bonds is 4. The summed E-state index contributed by atoms with van der Waals surface area (Å²) in [5, 5.41) is 12.1. The van der Waals surface area contributed by atoms with Gasteiger partial charge in [0.05, 0.1) is 18.3 Å². The first-order valence-electron chi connectivity index (χ1n) is 9.83. The van der Waals surface area contributed by atoms with E-state index < -0.39 is 18.1 Å². The lowest BCUT2D eigenvalue weighted by Gasteiger charge is -2.29. The van der Waals surface area contributed by atoms with Crippen molar-refractivity contribution in [2.24, 2.45) is 5.92 Å². The standard InChI is InChI=1S/C24H20N2O4/c27-19-14-8-7-13-18(19)21-20-22(30-26(21)17-11-5-2-6-12-17)24(29)25(23(20)28)15-16-9-3-1-4-10-16/h1-14,20-22,27H,15H2/t20-,21+,22+/m1/s1. The third kappa shape index (κ3) is 2.93. The van der Waals surface area contributed by atoms with Gasteiger partial charge in [-0.3, -0.25) is 19.3 Å². The molecule has 2 aliphatic heterocycles. The Morgan fingerprint density at radius 1 is 0.800 bits per heavy atom. The van der Waals surface area contributed by atoms with Crippen LogP contribution in [0, 0.1) is 5.92 Å². The average molecular weight is 400 g/mol. The number of hydrogen-bond acceptors (Lipinski definition) is 5. The molecule has 0 radical (unpaired) electrons. The predicted molar refractivity (Wildman–Crippen MR) is 110 cm³/mol. The number of carbonyl (C=O) groups is 2. The Morgan fingerprint density at radius 3 is 2.13 bits per heavy atom. The number of phenolic OH excluding ortho intramolecular Hbond substituents is 1. The Labute approximate surface area is 173 Å². The molecule has 0 spiro atoms. The molecule has 2 aliphatic rings. The van der Waals surface area contributed by atoms with Gasteiger partial charge < -0.3 is 5.11 Å². The highest BCUT2D eigenvalue weighted by molar-refractivity contribution is 6.07. The van der Waals surface area contributed by atoms with Gasteiger partial charge in [0.15, 0.2) is 6.10 Å². The highest BCUT2D eigenvalue weighted by Crippen LogP contribution is 2.48. The van der Waals surface area contributed by atoms with Crippen LogP contribution in [-0.4, -0.2) is 27.9 Å². The summed E-state index contributed by atoms with van der Waals surface area (Å²) in [5.41, 5.74) is 2.14. The van der Waals surface area contributed by atoms with E-state index >= 15 is 0 Å². The van der Waals surface area contributed by atoms with E-state index in [-0.39, 0.29) is 24.1 Å². The Kier molecular flexibility index (Phi) is 4.48. The van der Waals surface area contributed by atoms with Crippen LogP contribution in [0.3, 0.4) is 0 Å². The van der Waals surface area contributed by atoms with Gasteiger partial charge in [0.25, 0.3) is 5.91 Å².